The van der Waals surface area contributed by atoms with Crippen molar-refractivity contribution in [2.75, 3.05) is 6.54 Å². The van der Waals surface area contributed by atoms with Crippen molar-refractivity contribution in [3.63, 3.8) is 0 Å². The number of amides is 1. The summed E-state index contributed by atoms with van der Waals surface area (Å²) in [5, 5.41) is 3.15. The van der Waals surface area contributed by atoms with E-state index in [-0.39, 0.29) is 5.91 Å². The minimum Gasteiger partial charge on any atom is -0.352 e. The molecule has 9 atom stereocenters. The third-order valence-electron chi connectivity index (χ3n) is 11.9. The minimum absolute atomic E-state index is 0.0397. The second-order valence-corrected chi connectivity index (χ2v) is 14.3. The van der Waals surface area contributed by atoms with Crippen LogP contribution in [0.25, 0.3) is 0 Å². The van der Waals surface area contributed by atoms with Crippen LogP contribution >= 0.6 is 0 Å². The fraction of sp³-hybridized carbons (Fsp3) is 0.906. The summed E-state index contributed by atoms with van der Waals surface area (Å²) in [5.74, 6) is 7.19. The number of nitrogens with one attached hydrogen (secondary N) is 1. The molecule has 2 nitrogen and oxygen atoms in total. The Balaban J connectivity index is 1.38. The number of carbonyl (C=O) groups excluding carboxylic acids is 1. The first-order valence-electron chi connectivity index (χ1n) is 15.0. The van der Waals surface area contributed by atoms with E-state index in [1.165, 1.54) is 77.0 Å². The van der Waals surface area contributed by atoms with E-state index < -0.39 is 0 Å². The molecule has 4 saturated carbocycles. The maximum Gasteiger partial charge on any atom is 0.246 e. The van der Waals surface area contributed by atoms with Crippen LogP contribution in [0.3, 0.4) is 0 Å². The Kier molecular flexibility index (Phi) is 7.96. The van der Waals surface area contributed by atoms with Gasteiger partial charge < -0.3 is 5.32 Å². The molecule has 4 rings (SSSR count). The molecule has 0 aliphatic heterocycles. The molecule has 0 heterocycles. The van der Waals surface area contributed by atoms with E-state index in [2.05, 4.69) is 46.5 Å². The van der Waals surface area contributed by atoms with Crippen molar-refractivity contribution in [3.05, 3.63) is 12.2 Å². The zero-order valence-electron chi connectivity index (χ0n) is 23.4. The Labute approximate surface area is 211 Å². The van der Waals surface area contributed by atoms with Crippen LogP contribution in [0, 0.1) is 58.2 Å². The second-order valence-electron chi connectivity index (χ2n) is 14.3. The first-order valence-corrected chi connectivity index (χ1v) is 15.0. The first kappa shape index (κ1) is 26.3. The molecular formula is C32H55NO. The Hall–Kier alpha value is -0.790. The minimum atomic E-state index is 0.0397. The molecule has 4 aliphatic rings. The molecule has 4 aliphatic carbocycles. The van der Waals surface area contributed by atoms with Gasteiger partial charge in [0.25, 0.3) is 0 Å². The number of fused-ring (bicyclic) bond motifs is 5. The maximum absolute atomic E-state index is 12.0. The van der Waals surface area contributed by atoms with E-state index >= 15 is 0 Å². The Bertz CT molecular complexity index is 741. The smallest absolute Gasteiger partial charge is 0.246 e. The highest BCUT2D eigenvalue weighted by Gasteiger charge is 2.60. The predicted octanol–water partition coefficient (Wildman–Crippen LogP) is 8.42. The van der Waals surface area contributed by atoms with Crippen LogP contribution in [-0.4, -0.2) is 12.5 Å². The SMILES string of the molecule is C=C(C)C(=O)NC[C@H]1CC[C@@]2(C)[C@@H](CC[C@@H]3[C@@H]2CC[C@]2(C)C([C@H](C)CCCC(C)C)CC[C@@H]32)C1. The van der Waals surface area contributed by atoms with Gasteiger partial charge in [0.15, 0.2) is 0 Å². The third kappa shape index (κ3) is 4.90. The number of hydrogen-bond donors (Lipinski definition) is 1. The molecule has 0 bridgehead atoms. The zero-order chi connectivity index (χ0) is 24.7. The fourth-order valence-electron chi connectivity index (χ4n) is 9.94. The molecule has 0 radical (unpaired) electrons. The standard InChI is InChI=1S/C32H55NO/c1-21(2)9-8-10-23(5)27-13-14-28-26-12-11-25-19-24(20-33-30(34)22(3)4)15-17-31(25,6)29(26)16-18-32(27,28)7/h21,23-29H,3,8-20H2,1-2,4-7H3,(H,33,34)/t23-,24+,25+,26+,27?,28+,29+,31+,32-/m1/s1. The average molecular weight is 470 g/mol. The van der Waals surface area contributed by atoms with Gasteiger partial charge in [0.1, 0.15) is 0 Å². The van der Waals surface area contributed by atoms with Crippen molar-refractivity contribution >= 4 is 5.91 Å². The van der Waals surface area contributed by atoms with Gasteiger partial charge in [-0.3, -0.25) is 4.79 Å². The van der Waals surface area contributed by atoms with Gasteiger partial charge in [-0.1, -0.05) is 60.5 Å². The van der Waals surface area contributed by atoms with Gasteiger partial charge >= 0.3 is 0 Å². The molecule has 1 N–H and O–H groups in total. The largest absolute Gasteiger partial charge is 0.352 e. The molecule has 194 valence electrons. The summed E-state index contributed by atoms with van der Waals surface area (Å²) >= 11 is 0. The molecule has 0 aromatic carbocycles. The van der Waals surface area contributed by atoms with Gasteiger partial charge in [-0.2, -0.15) is 0 Å². The average Bonchev–Trinajstić information content (AvgIpc) is 3.14. The number of rotatable bonds is 8. The summed E-state index contributed by atoms with van der Waals surface area (Å²) in [5.41, 5.74) is 1.78. The molecule has 0 aromatic rings. The van der Waals surface area contributed by atoms with Crippen molar-refractivity contribution in [2.24, 2.45) is 58.2 Å². The lowest BCUT2D eigenvalue weighted by molar-refractivity contribution is -0.123. The van der Waals surface area contributed by atoms with Crippen molar-refractivity contribution in [1.82, 2.24) is 5.32 Å². The summed E-state index contributed by atoms with van der Waals surface area (Å²) < 4.78 is 0. The van der Waals surface area contributed by atoms with Crippen LogP contribution < -0.4 is 5.32 Å². The molecule has 0 spiro atoms. The lowest BCUT2D eigenvalue weighted by Gasteiger charge is -2.61. The lowest BCUT2D eigenvalue weighted by Crippen LogP contribution is -2.54. The highest BCUT2D eigenvalue weighted by molar-refractivity contribution is 5.92. The maximum atomic E-state index is 12.0. The normalized spacial score (nSPS) is 42.4. The monoisotopic (exact) mass is 469 g/mol. The van der Waals surface area contributed by atoms with Crippen molar-refractivity contribution < 1.29 is 4.79 Å². The third-order valence-corrected chi connectivity index (χ3v) is 11.9. The predicted molar refractivity (Wildman–Crippen MR) is 144 cm³/mol. The van der Waals surface area contributed by atoms with Crippen LogP contribution in [0.4, 0.5) is 0 Å². The van der Waals surface area contributed by atoms with Crippen LogP contribution in [0.15, 0.2) is 12.2 Å². The van der Waals surface area contributed by atoms with Crippen LogP contribution in [0.5, 0.6) is 0 Å². The summed E-state index contributed by atoms with van der Waals surface area (Å²) in [6.07, 6.45) is 17.2. The lowest BCUT2D eigenvalue weighted by atomic mass is 9.44. The zero-order valence-corrected chi connectivity index (χ0v) is 23.4. The van der Waals surface area contributed by atoms with Gasteiger partial charge in [-0.05, 0) is 123 Å². The first-order chi connectivity index (χ1) is 16.1. The molecule has 0 saturated heterocycles. The molecule has 34 heavy (non-hydrogen) atoms. The van der Waals surface area contributed by atoms with Crippen molar-refractivity contribution in [2.45, 2.75) is 119 Å². The molecule has 4 fully saturated rings. The highest BCUT2D eigenvalue weighted by atomic mass is 16.1. The van der Waals surface area contributed by atoms with Gasteiger partial charge in [0.05, 0.1) is 0 Å². The summed E-state index contributed by atoms with van der Waals surface area (Å²) in [6, 6.07) is 0. The summed E-state index contributed by atoms with van der Waals surface area (Å²) in [6.45, 7) is 19.2. The second kappa shape index (κ2) is 10.3. The quantitative estimate of drug-likeness (QED) is 0.355. The van der Waals surface area contributed by atoms with E-state index in [4.69, 9.17) is 0 Å². The Morgan fingerprint density at radius 1 is 0.941 bits per heavy atom. The molecule has 0 aromatic heterocycles. The van der Waals surface area contributed by atoms with Crippen molar-refractivity contribution in [3.8, 4) is 0 Å². The number of carbonyl (C=O) groups is 1. The van der Waals surface area contributed by atoms with Gasteiger partial charge in [0.2, 0.25) is 5.91 Å². The van der Waals surface area contributed by atoms with Gasteiger partial charge in [-0.15, -0.1) is 0 Å². The van der Waals surface area contributed by atoms with E-state index in [1.54, 1.807) is 0 Å². The highest BCUT2D eigenvalue weighted by Crippen LogP contribution is 2.68. The molecular weight excluding hydrogens is 414 g/mol. The molecule has 1 unspecified atom stereocenters. The van der Waals surface area contributed by atoms with Crippen LogP contribution in [0.2, 0.25) is 0 Å². The molecule has 1 amide bonds. The van der Waals surface area contributed by atoms with Gasteiger partial charge in [0, 0.05) is 12.1 Å². The van der Waals surface area contributed by atoms with Crippen molar-refractivity contribution in [1.29, 1.82) is 0 Å². The van der Waals surface area contributed by atoms with E-state index in [0.717, 1.165) is 48.0 Å². The Morgan fingerprint density at radius 3 is 2.35 bits per heavy atom. The van der Waals surface area contributed by atoms with Gasteiger partial charge in [-0.25, -0.2) is 0 Å². The topological polar surface area (TPSA) is 29.1 Å². The van der Waals surface area contributed by atoms with Crippen LogP contribution in [0.1, 0.15) is 119 Å². The fourth-order valence-corrected chi connectivity index (χ4v) is 9.94. The number of hydrogen-bond acceptors (Lipinski definition) is 1. The Morgan fingerprint density at radius 2 is 1.65 bits per heavy atom. The van der Waals surface area contributed by atoms with E-state index in [1.807, 2.05) is 6.92 Å². The molecule has 2 heteroatoms. The van der Waals surface area contributed by atoms with Crippen LogP contribution in [-0.2, 0) is 4.79 Å². The summed E-state index contributed by atoms with van der Waals surface area (Å²) in [7, 11) is 0. The van der Waals surface area contributed by atoms with E-state index in [0.29, 0.717) is 22.3 Å². The summed E-state index contributed by atoms with van der Waals surface area (Å²) in [4.78, 5) is 12.0. The van der Waals surface area contributed by atoms with E-state index in [9.17, 15) is 4.79 Å².